The van der Waals surface area contributed by atoms with E-state index < -0.39 is 0 Å². The largest absolute Gasteiger partial charge is 0.497 e. The van der Waals surface area contributed by atoms with Gasteiger partial charge in [-0.3, -0.25) is 4.79 Å². The van der Waals surface area contributed by atoms with Crippen LogP contribution in [0.15, 0.2) is 42.5 Å². The number of hydrogen-bond acceptors (Lipinski definition) is 4. The Labute approximate surface area is 196 Å². The fourth-order valence-electron chi connectivity index (χ4n) is 4.55. The van der Waals surface area contributed by atoms with Gasteiger partial charge in [0, 0.05) is 43.2 Å². The Morgan fingerprint density at radius 2 is 1.52 bits per heavy atom. The first kappa shape index (κ1) is 23.0. The highest BCUT2D eigenvalue weighted by Gasteiger charge is 2.26. The number of amides is 3. The number of carbonyl (C=O) groups is 2. The second-order valence-electron chi connectivity index (χ2n) is 9.06. The number of nitrogens with one attached hydrogen (secondary N) is 2. The van der Waals surface area contributed by atoms with Gasteiger partial charge in [-0.2, -0.15) is 0 Å². The van der Waals surface area contributed by atoms with E-state index in [4.69, 9.17) is 4.74 Å². The Balaban J connectivity index is 1.52. The number of piperidine rings is 2. The maximum atomic E-state index is 13.5. The lowest BCUT2D eigenvalue weighted by atomic mass is 9.98. The topological polar surface area (TPSA) is 73.9 Å². The lowest BCUT2D eigenvalue weighted by molar-refractivity contribution is 0.0697. The minimum Gasteiger partial charge on any atom is -0.497 e. The number of anilines is 3. The van der Waals surface area contributed by atoms with Crippen LogP contribution in [0.25, 0.3) is 0 Å². The van der Waals surface area contributed by atoms with Gasteiger partial charge in [-0.05, 0) is 80.5 Å². The first-order valence-electron chi connectivity index (χ1n) is 11.9. The molecule has 0 aromatic heterocycles. The summed E-state index contributed by atoms with van der Waals surface area (Å²) in [5, 5.41) is 5.71. The SMILES string of the molecule is COc1ccc(NC(=O)Nc2ccc(N3CCCCC3)c(C(=O)N3CCC(C)CC3)c2)cc1. The second-order valence-corrected chi connectivity index (χ2v) is 9.06. The van der Waals surface area contributed by atoms with E-state index in [0.29, 0.717) is 22.9 Å². The van der Waals surface area contributed by atoms with Gasteiger partial charge >= 0.3 is 6.03 Å². The molecule has 2 aliphatic heterocycles. The normalized spacial score (nSPS) is 16.9. The summed E-state index contributed by atoms with van der Waals surface area (Å²) in [7, 11) is 1.60. The Kier molecular flexibility index (Phi) is 7.37. The molecule has 0 radical (unpaired) electrons. The first-order valence-corrected chi connectivity index (χ1v) is 11.9. The molecule has 7 nitrogen and oxygen atoms in total. The summed E-state index contributed by atoms with van der Waals surface area (Å²) in [5.74, 6) is 1.44. The third kappa shape index (κ3) is 5.78. The number of nitrogens with zero attached hydrogens (tertiary/aromatic N) is 2. The van der Waals surface area contributed by atoms with Crippen molar-refractivity contribution in [3.8, 4) is 5.75 Å². The Morgan fingerprint density at radius 1 is 0.879 bits per heavy atom. The molecular formula is C26H34N4O3. The van der Waals surface area contributed by atoms with E-state index in [1.54, 1.807) is 31.4 Å². The van der Waals surface area contributed by atoms with Gasteiger partial charge in [0.15, 0.2) is 0 Å². The molecule has 176 valence electrons. The smallest absolute Gasteiger partial charge is 0.323 e. The molecule has 2 heterocycles. The zero-order valence-corrected chi connectivity index (χ0v) is 19.6. The van der Waals surface area contributed by atoms with Crippen molar-refractivity contribution < 1.29 is 14.3 Å². The van der Waals surface area contributed by atoms with Gasteiger partial charge in [0.05, 0.1) is 12.7 Å². The highest BCUT2D eigenvalue weighted by Crippen LogP contribution is 2.30. The number of hydrogen-bond donors (Lipinski definition) is 2. The van der Waals surface area contributed by atoms with Crippen LogP contribution in [0.1, 0.15) is 49.4 Å². The minimum absolute atomic E-state index is 0.0571. The van der Waals surface area contributed by atoms with Gasteiger partial charge in [0.1, 0.15) is 5.75 Å². The van der Waals surface area contributed by atoms with Crippen molar-refractivity contribution in [3.05, 3.63) is 48.0 Å². The van der Waals surface area contributed by atoms with E-state index >= 15 is 0 Å². The van der Waals surface area contributed by atoms with Gasteiger partial charge < -0.3 is 25.2 Å². The summed E-state index contributed by atoms with van der Waals surface area (Å²) in [4.78, 5) is 30.4. The van der Waals surface area contributed by atoms with Crippen molar-refractivity contribution in [1.82, 2.24) is 4.90 Å². The summed E-state index contributed by atoms with van der Waals surface area (Å²) in [6, 6.07) is 12.5. The van der Waals surface area contributed by atoms with Crippen LogP contribution in [0, 0.1) is 5.92 Å². The lowest BCUT2D eigenvalue weighted by Crippen LogP contribution is -2.39. The Morgan fingerprint density at radius 3 is 2.18 bits per heavy atom. The van der Waals surface area contributed by atoms with Crippen molar-refractivity contribution >= 4 is 29.0 Å². The lowest BCUT2D eigenvalue weighted by Gasteiger charge is -2.34. The van der Waals surface area contributed by atoms with Crippen molar-refractivity contribution in [1.29, 1.82) is 0 Å². The third-order valence-corrected chi connectivity index (χ3v) is 6.60. The summed E-state index contributed by atoms with van der Waals surface area (Å²) < 4.78 is 5.15. The molecule has 33 heavy (non-hydrogen) atoms. The molecule has 2 aromatic rings. The number of methoxy groups -OCH3 is 1. The minimum atomic E-state index is -0.351. The van der Waals surface area contributed by atoms with E-state index in [2.05, 4.69) is 22.5 Å². The molecule has 3 amide bonds. The predicted octanol–water partition coefficient (Wildman–Crippen LogP) is 5.20. The monoisotopic (exact) mass is 450 g/mol. The molecule has 0 spiro atoms. The molecule has 0 bridgehead atoms. The number of ether oxygens (including phenoxy) is 1. The molecule has 0 atom stereocenters. The molecule has 2 aliphatic rings. The molecule has 7 heteroatoms. The summed E-state index contributed by atoms with van der Waals surface area (Å²) in [6.07, 6.45) is 5.58. The zero-order chi connectivity index (χ0) is 23.2. The zero-order valence-electron chi connectivity index (χ0n) is 19.6. The number of carbonyl (C=O) groups excluding carboxylic acids is 2. The Hall–Kier alpha value is -3.22. The number of likely N-dealkylation sites (tertiary alicyclic amines) is 1. The predicted molar refractivity (Wildman–Crippen MR) is 132 cm³/mol. The Bertz CT molecular complexity index is 962. The second kappa shape index (κ2) is 10.6. The molecule has 2 fully saturated rings. The molecule has 0 saturated carbocycles. The van der Waals surface area contributed by atoms with Crippen molar-refractivity contribution in [2.45, 2.75) is 39.0 Å². The van der Waals surface area contributed by atoms with Crippen LogP contribution in [0.3, 0.4) is 0 Å². The van der Waals surface area contributed by atoms with Crippen molar-refractivity contribution in [2.24, 2.45) is 5.92 Å². The average Bonchev–Trinajstić information content (AvgIpc) is 2.85. The fraction of sp³-hybridized carbons (Fsp3) is 0.462. The molecule has 0 unspecified atom stereocenters. The molecule has 2 aromatic carbocycles. The highest BCUT2D eigenvalue weighted by atomic mass is 16.5. The van der Waals surface area contributed by atoms with Crippen LogP contribution < -0.4 is 20.3 Å². The third-order valence-electron chi connectivity index (χ3n) is 6.60. The molecule has 2 saturated heterocycles. The number of urea groups is 1. The van der Waals surface area contributed by atoms with Gasteiger partial charge in [-0.15, -0.1) is 0 Å². The average molecular weight is 451 g/mol. The summed E-state index contributed by atoms with van der Waals surface area (Å²) in [5.41, 5.74) is 2.92. The standard InChI is InChI=1S/C26H34N4O3/c1-19-12-16-30(17-13-19)25(31)23-18-21(8-11-24(23)29-14-4-3-5-15-29)28-26(32)27-20-6-9-22(33-2)10-7-20/h6-11,18-19H,3-5,12-17H2,1-2H3,(H2,27,28,32). The van der Waals surface area contributed by atoms with Gasteiger partial charge in [-0.25, -0.2) is 4.79 Å². The van der Waals surface area contributed by atoms with Crippen LogP contribution in [-0.2, 0) is 0 Å². The van der Waals surface area contributed by atoms with Crippen LogP contribution in [0.2, 0.25) is 0 Å². The summed E-state index contributed by atoms with van der Waals surface area (Å²) in [6.45, 7) is 5.74. The summed E-state index contributed by atoms with van der Waals surface area (Å²) >= 11 is 0. The van der Waals surface area contributed by atoms with Gasteiger partial charge in [0.25, 0.3) is 5.91 Å². The van der Waals surface area contributed by atoms with E-state index in [0.717, 1.165) is 63.3 Å². The van der Waals surface area contributed by atoms with Crippen LogP contribution >= 0.6 is 0 Å². The van der Waals surface area contributed by atoms with Gasteiger partial charge in [-0.1, -0.05) is 6.92 Å². The van der Waals surface area contributed by atoms with E-state index in [-0.39, 0.29) is 11.9 Å². The molecular weight excluding hydrogens is 416 g/mol. The maximum absolute atomic E-state index is 13.5. The van der Waals surface area contributed by atoms with E-state index in [1.807, 2.05) is 23.1 Å². The molecule has 0 aliphatic carbocycles. The first-order chi connectivity index (χ1) is 16.0. The van der Waals surface area contributed by atoms with Crippen molar-refractivity contribution in [2.75, 3.05) is 48.8 Å². The molecule has 4 rings (SSSR count). The highest BCUT2D eigenvalue weighted by molar-refractivity contribution is 6.04. The van der Waals surface area contributed by atoms with E-state index in [1.165, 1.54) is 6.42 Å². The van der Waals surface area contributed by atoms with Gasteiger partial charge in [0.2, 0.25) is 0 Å². The number of rotatable bonds is 5. The van der Waals surface area contributed by atoms with Crippen LogP contribution in [0.5, 0.6) is 5.75 Å². The maximum Gasteiger partial charge on any atom is 0.323 e. The van der Waals surface area contributed by atoms with Crippen LogP contribution in [-0.4, -0.2) is 50.1 Å². The molecule has 2 N–H and O–H groups in total. The van der Waals surface area contributed by atoms with Crippen LogP contribution in [0.4, 0.5) is 21.9 Å². The van der Waals surface area contributed by atoms with Crippen molar-refractivity contribution in [3.63, 3.8) is 0 Å². The number of benzene rings is 2. The fourth-order valence-corrected chi connectivity index (χ4v) is 4.55. The van der Waals surface area contributed by atoms with E-state index in [9.17, 15) is 9.59 Å². The quantitative estimate of drug-likeness (QED) is 0.657.